The van der Waals surface area contributed by atoms with Gasteiger partial charge in [0, 0.05) is 29.9 Å². The summed E-state index contributed by atoms with van der Waals surface area (Å²) in [4.78, 5) is 38.1. The summed E-state index contributed by atoms with van der Waals surface area (Å²) in [6.45, 7) is 2.68. The fourth-order valence-corrected chi connectivity index (χ4v) is 3.87. The van der Waals surface area contributed by atoms with Crippen molar-refractivity contribution in [3.05, 3.63) is 59.2 Å². The van der Waals surface area contributed by atoms with E-state index >= 15 is 0 Å². The molecule has 0 aliphatic carbocycles. The highest BCUT2D eigenvalue weighted by Gasteiger charge is 2.38. The molecule has 0 aromatic heterocycles. The minimum absolute atomic E-state index is 0.129. The van der Waals surface area contributed by atoms with Crippen LogP contribution in [0.2, 0.25) is 0 Å². The van der Waals surface area contributed by atoms with Crippen molar-refractivity contribution in [2.24, 2.45) is 0 Å². The predicted molar refractivity (Wildman–Crippen MR) is 108 cm³/mol. The van der Waals surface area contributed by atoms with Gasteiger partial charge in [0.2, 0.25) is 5.91 Å². The number of Topliss-reactive ketones (excluding diaryl/α,β-unsaturated/α-hetero) is 1. The number of methoxy groups -OCH3 is 1. The second-order valence-electron chi connectivity index (χ2n) is 6.65. The smallest absolute Gasteiger partial charge is 0.269 e. The first-order valence-electron chi connectivity index (χ1n) is 8.65. The van der Waals surface area contributed by atoms with Crippen LogP contribution in [0.4, 0.5) is 5.69 Å². The summed E-state index contributed by atoms with van der Waals surface area (Å²) in [6.07, 6.45) is 1.10. The molecule has 0 saturated carbocycles. The SMILES string of the molecule is CO/C(=C1\C(=O)N(C(C)=O)c2ccc(C(C)=O)cc21)c1ccc(S(C)(=O)=O)cc1. The van der Waals surface area contributed by atoms with Gasteiger partial charge >= 0.3 is 0 Å². The Labute approximate surface area is 168 Å². The van der Waals surface area contributed by atoms with E-state index in [2.05, 4.69) is 0 Å². The van der Waals surface area contributed by atoms with Crippen molar-refractivity contribution in [2.75, 3.05) is 18.3 Å². The first-order valence-corrected chi connectivity index (χ1v) is 10.5. The summed E-state index contributed by atoms with van der Waals surface area (Å²) >= 11 is 0. The van der Waals surface area contributed by atoms with Crippen LogP contribution in [0, 0.1) is 0 Å². The molecule has 29 heavy (non-hydrogen) atoms. The number of rotatable bonds is 4. The second kappa shape index (κ2) is 7.29. The summed E-state index contributed by atoms with van der Waals surface area (Å²) in [7, 11) is -2.00. The first kappa shape index (κ1) is 20.5. The van der Waals surface area contributed by atoms with Gasteiger partial charge in [-0.2, -0.15) is 0 Å². The van der Waals surface area contributed by atoms with Crippen molar-refractivity contribution in [3.8, 4) is 0 Å². The molecule has 1 heterocycles. The summed E-state index contributed by atoms with van der Waals surface area (Å²) < 4.78 is 28.9. The molecule has 1 aliphatic rings. The van der Waals surface area contributed by atoms with E-state index in [9.17, 15) is 22.8 Å². The van der Waals surface area contributed by atoms with Gasteiger partial charge in [-0.25, -0.2) is 13.3 Å². The molecule has 0 radical (unpaired) electrons. The van der Waals surface area contributed by atoms with Crippen LogP contribution < -0.4 is 4.90 Å². The van der Waals surface area contributed by atoms with Crippen LogP contribution in [0.25, 0.3) is 11.3 Å². The Morgan fingerprint density at radius 2 is 1.55 bits per heavy atom. The highest BCUT2D eigenvalue weighted by Crippen LogP contribution is 2.41. The van der Waals surface area contributed by atoms with Crippen molar-refractivity contribution in [1.82, 2.24) is 0 Å². The zero-order valence-corrected chi connectivity index (χ0v) is 17.2. The van der Waals surface area contributed by atoms with Gasteiger partial charge in [-0.1, -0.05) is 0 Å². The predicted octanol–water partition coefficient (Wildman–Crippen LogP) is 2.70. The minimum Gasteiger partial charge on any atom is -0.495 e. The molecule has 0 atom stereocenters. The summed E-state index contributed by atoms with van der Waals surface area (Å²) in [5, 5.41) is 0. The zero-order valence-electron chi connectivity index (χ0n) is 16.3. The largest absolute Gasteiger partial charge is 0.495 e. The highest BCUT2D eigenvalue weighted by molar-refractivity contribution is 7.90. The Morgan fingerprint density at radius 1 is 0.966 bits per heavy atom. The fraction of sp³-hybridized carbons (Fsp3) is 0.190. The van der Waals surface area contributed by atoms with Crippen molar-refractivity contribution >= 4 is 44.5 Å². The molecule has 7 nitrogen and oxygen atoms in total. The van der Waals surface area contributed by atoms with Gasteiger partial charge in [-0.15, -0.1) is 0 Å². The van der Waals surface area contributed by atoms with E-state index in [4.69, 9.17) is 4.74 Å². The van der Waals surface area contributed by atoms with E-state index in [1.807, 2.05) is 0 Å². The van der Waals surface area contributed by atoms with Crippen LogP contribution in [0.3, 0.4) is 0 Å². The molecular weight excluding hydrogens is 394 g/mol. The Balaban J connectivity index is 2.27. The summed E-state index contributed by atoms with van der Waals surface area (Å²) in [5.41, 5.74) is 1.76. The van der Waals surface area contributed by atoms with Crippen LogP contribution in [0.1, 0.15) is 35.3 Å². The lowest BCUT2D eigenvalue weighted by atomic mass is 9.99. The number of fused-ring (bicyclic) bond motifs is 1. The summed E-state index contributed by atoms with van der Waals surface area (Å²) in [6, 6.07) is 10.6. The van der Waals surface area contributed by atoms with Gasteiger partial charge in [0.25, 0.3) is 5.91 Å². The topological polar surface area (TPSA) is 97.8 Å². The third-order valence-electron chi connectivity index (χ3n) is 4.62. The van der Waals surface area contributed by atoms with Crippen LogP contribution in [-0.2, 0) is 24.2 Å². The number of amides is 2. The van der Waals surface area contributed by atoms with E-state index in [0.717, 1.165) is 11.2 Å². The van der Waals surface area contributed by atoms with E-state index in [0.29, 0.717) is 22.4 Å². The lowest BCUT2D eigenvalue weighted by Crippen LogP contribution is -2.31. The quantitative estimate of drug-likeness (QED) is 0.434. The Kier molecular flexibility index (Phi) is 5.15. The van der Waals surface area contributed by atoms with Gasteiger partial charge in [-0.3, -0.25) is 14.4 Å². The van der Waals surface area contributed by atoms with Gasteiger partial charge in [0.1, 0.15) is 5.76 Å². The standard InChI is InChI=1S/C21H19NO6S/c1-12(23)15-7-10-18-17(11-15)19(21(25)22(18)13(2)24)20(28-3)14-5-8-16(9-6-14)29(4,26)27/h5-11H,1-4H3/b20-19-. The number of carbonyl (C=O) groups excluding carboxylic acids is 3. The van der Waals surface area contributed by atoms with Gasteiger partial charge in [0.15, 0.2) is 15.6 Å². The van der Waals surface area contributed by atoms with Crippen molar-refractivity contribution in [2.45, 2.75) is 18.7 Å². The number of anilines is 1. The number of hydrogen-bond acceptors (Lipinski definition) is 6. The maximum atomic E-state index is 13.1. The van der Waals surface area contributed by atoms with Gasteiger partial charge in [0.05, 0.1) is 23.3 Å². The lowest BCUT2D eigenvalue weighted by molar-refractivity contribution is -0.122. The molecule has 8 heteroatoms. The van der Waals surface area contributed by atoms with E-state index in [-0.39, 0.29) is 22.0 Å². The van der Waals surface area contributed by atoms with Crippen molar-refractivity contribution in [1.29, 1.82) is 0 Å². The molecule has 3 rings (SSSR count). The molecule has 2 amide bonds. The van der Waals surface area contributed by atoms with E-state index in [1.165, 1.54) is 45.2 Å². The Morgan fingerprint density at radius 3 is 2.03 bits per heavy atom. The molecule has 0 N–H and O–H groups in total. The Hall–Kier alpha value is -3.26. The number of benzene rings is 2. The average molecular weight is 413 g/mol. The second-order valence-corrected chi connectivity index (χ2v) is 8.67. The third kappa shape index (κ3) is 3.58. The maximum absolute atomic E-state index is 13.1. The molecule has 2 aromatic rings. The number of nitrogens with zero attached hydrogens (tertiary/aromatic N) is 1. The van der Waals surface area contributed by atoms with Gasteiger partial charge < -0.3 is 4.74 Å². The third-order valence-corrected chi connectivity index (χ3v) is 5.75. The monoisotopic (exact) mass is 413 g/mol. The molecular formula is C21H19NO6S. The summed E-state index contributed by atoms with van der Waals surface area (Å²) in [5.74, 6) is -1.04. The molecule has 0 bridgehead atoms. The van der Waals surface area contributed by atoms with Gasteiger partial charge in [-0.05, 0) is 49.4 Å². The average Bonchev–Trinajstić information content (AvgIpc) is 2.94. The van der Waals surface area contributed by atoms with Crippen molar-refractivity contribution in [3.63, 3.8) is 0 Å². The fourth-order valence-electron chi connectivity index (χ4n) is 3.24. The van der Waals surface area contributed by atoms with Crippen molar-refractivity contribution < 1.29 is 27.5 Å². The Bertz CT molecular complexity index is 1180. The van der Waals surface area contributed by atoms with Crippen LogP contribution >= 0.6 is 0 Å². The number of ether oxygens (including phenoxy) is 1. The molecule has 1 aliphatic heterocycles. The number of imide groups is 1. The number of hydrogen-bond donors (Lipinski definition) is 0. The van der Waals surface area contributed by atoms with E-state index in [1.54, 1.807) is 18.2 Å². The molecule has 0 spiro atoms. The highest BCUT2D eigenvalue weighted by atomic mass is 32.2. The molecule has 0 unspecified atom stereocenters. The number of ketones is 1. The first-order chi connectivity index (χ1) is 13.6. The van der Waals surface area contributed by atoms with Crippen LogP contribution in [0.15, 0.2) is 47.4 Å². The van der Waals surface area contributed by atoms with Crippen LogP contribution in [-0.4, -0.2) is 39.4 Å². The molecule has 2 aromatic carbocycles. The number of sulfone groups is 1. The molecule has 150 valence electrons. The minimum atomic E-state index is -3.38. The van der Waals surface area contributed by atoms with E-state index < -0.39 is 21.7 Å². The molecule has 0 saturated heterocycles. The normalized spacial score (nSPS) is 15.2. The zero-order chi connectivity index (χ0) is 21.5. The lowest BCUT2D eigenvalue weighted by Gasteiger charge is -2.13. The molecule has 0 fully saturated rings. The maximum Gasteiger partial charge on any atom is 0.269 e. The number of carbonyl (C=O) groups is 3. The van der Waals surface area contributed by atoms with Crippen LogP contribution in [0.5, 0.6) is 0 Å².